The van der Waals surface area contributed by atoms with E-state index < -0.39 is 43.4 Å². The summed E-state index contributed by atoms with van der Waals surface area (Å²) in [7, 11) is 2.93. The number of hydrogen-bond acceptors (Lipinski definition) is 11. The van der Waals surface area contributed by atoms with Crippen molar-refractivity contribution in [1.29, 1.82) is 0 Å². The molecule has 2 aliphatic rings. The van der Waals surface area contributed by atoms with Crippen LogP contribution in [-0.4, -0.2) is 95.4 Å². The first-order valence-corrected chi connectivity index (χ1v) is 12.0. The normalized spacial score (nSPS) is 31.8. The van der Waals surface area contributed by atoms with Crippen LogP contribution < -0.4 is 14.2 Å². The Labute approximate surface area is 214 Å². The van der Waals surface area contributed by atoms with E-state index >= 15 is 0 Å². The second kappa shape index (κ2) is 11.8. The summed E-state index contributed by atoms with van der Waals surface area (Å²) in [6.07, 6.45) is -6.86. The predicted octanol–water partition coefficient (Wildman–Crippen LogP) is 0.127. The van der Waals surface area contributed by atoms with Crippen molar-refractivity contribution >= 4 is 0 Å². The molecule has 0 aromatic heterocycles. The van der Waals surface area contributed by atoms with E-state index in [4.69, 9.17) is 23.7 Å². The molecule has 2 aliphatic heterocycles. The van der Waals surface area contributed by atoms with Crippen LogP contribution in [0.5, 0.6) is 23.0 Å². The molecule has 11 heteroatoms. The highest BCUT2D eigenvalue weighted by Gasteiger charge is 2.45. The molecule has 0 radical (unpaired) electrons. The monoisotopic (exact) mass is 522 g/mol. The third-order valence-corrected chi connectivity index (χ3v) is 7.04. The number of phenols is 1. The SMILES string of the molecule is COc1cc(CC2COC(c3ccc(O[C@H]4O[C@H](CO)[C@@H](O)[C@H](O)[C@H]4O)c(OC)c3)C2CO)ccc1O. The van der Waals surface area contributed by atoms with Crippen molar-refractivity contribution in [1.82, 2.24) is 0 Å². The minimum Gasteiger partial charge on any atom is -0.504 e. The molecule has 2 aromatic carbocycles. The molecular weight excluding hydrogens is 488 g/mol. The Balaban J connectivity index is 1.49. The maximum absolute atomic E-state index is 10.3. The highest BCUT2D eigenvalue weighted by molar-refractivity contribution is 5.44. The van der Waals surface area contributed by atoms with Crippen molar-refractivity contribution in [3.8, 4) is 23.0 Å². The molecule has 4 rings (SSSR count). The number of aliphatic hydroxyl groups excluding tert-OH is 5. The van der Waals surface area contributed by atoms with Gasteiger partial charge in [0.2, 0.25) is 6.29 Å². The molecule has 204 valence electrons. The van der Waals surface area contributed by atoms with E-state index in [2.05, 4.69) is 0 Å². The van der Waals surface area contributed by atoms with Crippen LogP contribution in [0, 0.1) is 11.8 Å². The summed E-state index contributed by atoms with van der Waals surface area (Å²) in [6, 6.07) is 10.2. The number of benzene rings is 2. The average molecular weight is 523 g/mol. The minimum absolute atomic E-state index is 0.0142. The first-order chi connectivity index (χ1) is 17.8. The van der Waals surface area contributed by atoms with Gasteiger partial charge in [0.25, 0.3) is 0 Å². The predicted molar refractivity (Wildman–Crippen MR) is 129 cm³/mol. The fraction of sp³-hybridized carbons (Fsp3) is 0.538. The highest BCUT2D eigenvalue weighted by Crippen LogP contribution is 2.43. The topological polar surface area (TPSA) is 168 Å². The highest BCUT2D eigenvalue weighted by atomic mass is 16.7. The average Bonchev–Trinajstić information content (AvgIpc) is 3.32. The van der Waals surface area contributed by atoms with Gasteiger partial charge in [0.1, 0.15) is 24.4 Å². The maximum Gasteiger partial charge on any atom is 0.229 e. The van der Waals surface area contributed by atoms with Gasteiger partial charge >= 0.3 is 0 Å². The molecule has 6 N–H and O–H groups in total. The van der Waals surface area contributed by atoms with Crippen molar-refractivity contribution in [3.05, 3.63) is 47.5 Å². The van der Waals surface area contributed by atoms with Gasteiger partial charge in [0, 0.05) is 12.5 Å². The second-order valence-corrected chi connectivity index (χ2v) is 9.30. The van der Waals surface area contributed by atoms with Gasteiger partial charge in [-0.2, -0.15) is 0 Å². The van der Waals surface area contributed by atoms with Crippen molar-refractivity contribution in [3.63, 3.8) is 0 Å². The third kappa shape index (κ3) is 5.63. The second-order valence-electron chi connectivity index (χ2n) is 9.30. The number of aliphatic hydroxyl groups is 5. The zero-order valence-electron chi connectivity index (χ0n) is 20.6. The summed E-state index contributed by atoms with van der Waals surface area (Å²) >= 11 is 0. The molecule has 11 nitrogen and oxygen atoms in total. The zero-order chi connectivity index (χ0) is 26.7. The van der Waals surface area contributed by atoms with Gasteiger partial charge in [-0.1, -0.05) is 12.1 Å². The van der Waals surface area contributed by atoms with Crippen LogP contribution >= 0.6 is 0 Å². The van der Waals surface area contributed by atoms with Crippen LogP contribution in [0.15, 0.2) is 36.4 Å². The van der Waals surface area contributed by atoms with Crippen molar-refractivity contribution < 1.29 is 54.3 Å². The number of phenolic OH excluding ortho intramolecular Hbond substituents is 1. The van der Waals surface area contributed by atoms with Crippen LogP contribution in [0.3, 0.4) is 0 Å². The molecule has 2 fully saturated rings. The fourth-order valence-electron chi connectivity index (χ4n) is 4.92. The lowest BCUT2D eigenvalue weighted by Crippen LogP contribution is -2.60. The summed E-state index contributed by atoms with van der Waals surface area (Å²) < 4.78 is 27.9. The summed E-state index contributed by atoms with van der Waals surface area (Å²) in [4.78, 5) is 0. The molecule has 2 aromatic rings. The lowest BCUT2D eigenvalue weighted by Gasteiger charge is -2.39. The fourth-order valence-corrected chi connectivity index (χ4v) is 4.92. The van der Waals surface area contributed by atoms with Gasteiger partial charge < -0.3 is 54.3 Å². The van der Waals surface area contributed by atoms with Gasteiger partial charge in [0.05, 0.1) is 33.5 Å². The zero-order valence-corrected chi connectivity index (χ0v) is 20.6. The Morgan fingerprint density at radius 1 is 0.865 bits per heavy atom. The molecule has 2 heterocycles. The van der Waals surface area contributed by atoms with Crippen molar-refractivity contribution in [2.75, 3.05) is 34.0 Å². The van der Waals surface area contributed by atoms with E-state index in [1.165, 1.54) is 14.2 Å². The van der Waals surface area contributed by atoms with Gasteiger partial charge in [-0.3, -0.25) is 0 Å². The van der Waals surface area contributed by atoms with E-state index in [-0.39, 0.29) is 29.9 Å². The van der Waals surface area contributed by atoms with Crippen molar-refractivity contribution in [2.24, 2.45) is 11.8 Å². The largest absolute Gasteiger partial charge is 0.504 e. The van der Waals surface area contributed by atoms with Crippen LogP contribution in [0.1, 0.15) is 17.2 Å². The molecule has 0 spiro atoms. The third-order valence-electron chi connectivity index (χ3n) is 7.04. The lowest BCUT2D eigenvalue weighted by molar-refractivity contribution is -0.277. The molecule has 3 unspecified atom stereocenters. The van der Waals surface area contributed by atoms with E-state index in [1.807, 2.05) is 6.07 Å². The van der Waals surface area contributed by atoms with E-state index in [9.17, 15) is 30.6 Å². The Morgan fingerprint density at radius 3 is 2.30 bits per heavy atom. The van der Waals surface area contributed by atoms with Crippen LogP contribution in [-0.2, 0) is 15.9 Å². The van der Waals surface area contributed by atoms with Crippen LogP contribution in [0.4, 0.5) is 0 Å². The summed E-state index contributed by atoms with van der Waals surface area (Å²) in [5, 5.41) is 59.7. The summed E-state index contributed by atoms with van der Waals surface area (Å²) in [6.45, 7) is -0.249. The van der Waals surface area contributed by atoms with Gasteiger partial charge in [-0.15, -0.1) is 0 Å². The number of hydrogen-bond donors (Lipinski definition) is 6. The molecule has 0 saturated carbocycles. The summed E-state index contributed by atoms with van der Waals surface area (Å²) in [5.74, 6) is 0.766. The quantitative estimate of drug-likeness (QED) is 0.265. The standard InChI is InChI=1S/C26H34O11/c1-33-19-8-13(3-5-17(19)29)7-15-12-35-25(16(15)10-27)14-4-6-18(20(9-14)34-2)36-26-24(32)23(31)22(30)21(11-28)37-26/h3-6,8-9,15-16,21-32H,7,10-12H2,1-2H3/t15?,16?,21-,22-,23+,24-,25?,26+/m1/s1. The Bertz CT molecular complexity index is 1050. The van der Waals surface area contributed by atoms with E-state index in [0.29, 0.717) is 24.5 Å². The van der Waals surface area contributed by atoms with Gasteiger partial charge in [-0.25, -0.2) is 0 Å². The molecule has 0 amide bonds. The molecule has 2 saturated heterocycles. The Hall–Kier alpha value is -2.64. The van der Waals surface area contributed by atoms with Crippen molar-refractivity contribution in [2.45, 2.75) is 43.2 Å². The molecule has 0 aliphatic carbocycles. The number of rotatable bonds is 9. The van der Waals surface area contributed by atoms with Gasteiger partial charge in [-0.05, 0) is 47.7 Å². The first-order valence-electron chi connectivity index (χ1n) is 12.0. The molecule has 8 atom stereocenters. The molecular formula is C26H34O11. The maximum atomic E-state index is 10.3. The minimum atomic E-state index is -1.57. The van der Waals surface area contributed by atoms with Crippen LogP contribution in [0.25, 0.3) is 0 Å². The number of aromatic hydroxyl groups is 1. The Morgan fingerprint density at radius 2 is 1.62 bits per heavy atom. The summed E-state index contributed by atoms with van der Waals surface area (Å²) in [5.41, 5.74) is 1.70. The van der Waals surface area contributed by atoms with E-state index in [0.717, 1.165) is 11.1 Å². The molecule has 0 bridgehead atoms. The van der Waals surface area contributed by atoms with Gasteiger partial charge in [0.15, 0.2) is 23.0 Å². The first kappa shape index (κ1) is 27.4. The smallest absolute Gasteiger partial charge is 0.229 e. The lowest BCUT2D eigenvalue weighted by atomic mass is 9.84. The Kier molecular flexibility index (Phi) is 8.75. The number of methoxy groups -OCH3 is 2. The number of ether oxygens (including phenoxy) is 5. The van der Waals surface area contributed by atoms with E-state index in [1.54, 1.807) is 30.3 Å². The van der Waals surface area contributed by atoms with Crippen LogP contribution in [0.2, 0.25) is 0 Å². The molecule has 37 heavy (non-hydrogen) atoms.